The van der Waals surface area contributed by atoms with E-state index < -0.39 is 0 Å². The molecular formula is C10H16N2. The minimum Gasteiger partial charge on any atom is -0.325 e. The maximum atomic E-state index is 5.48. The van der Waals surface area contributed by atoms with Crippen LogP contribution in [0.4, 0.5) is 0 Å². The van der Waals surface area contributed by atoms with E-state index in [1.165, 1.54) is 18.5 Å². The minimum absolute atomic E-state index is 0.542. The van der Waals surface area contributed by atoms with Crippen molar-refractivity contribution in [2.75, 3.05) is 0 Å². The van der Waals surface area contributed by atoms with Gasteiger partial charge in [0.15, 0.2) is 0 Å². The van der Waals surface area contributed by atoms with Crippen LogP contribution in [0.15, 0.2) is 18.2 Å². The van der Waals surface area contributed by atoms with E-state index in [-0.39, 0.29) is 0 Å². The summed E-state index contributed by atoms with van der Waals surface area (Å²) in [5.41, 5.74) is 7.64. The molecule has 1 aromatic heterocycles. The zero-order chi connectivity index (χ0) is 8.81. The highest BCUT2D eigenvalue weighted by atomic mass is 14.7. The molecule has 0 aliphatic heterocycles. The molecular weight excluding hydrogens is 148 g/mol. The number of hydrogen-bond acceptors (Lipinski definition) is 2. The summed E-state index contributed by atoms with van der Waals surface area (Å²) in [4.78, 5) is 4.40. The molecule has 0 spiro atoms. The quantitative estimate of drug-likeness (QED) is 0.738. The van der Waals surface area contributed by atoms with E-state index in [0.717, 1.165) is 12.1 Å². The van der Waals surface area contributed by atoms with Crippen LogP contribution in [0.25, 0.3) is 0 Å². The van der Waals surface area contributed by atoms with Gasteiger partial charge >= 0.3 is 0 Å². The third-order valence-electron chi connectivity index (χ3n) is 1.86. The summed E-state index contributed by atoms with van der Waals surface area (Å²) < 4.78 is 0. The number of nitrogens with two attached hydrogens (primary N) is 1. The van der Waals surface area contributed by atoms with E-state index >= 15 is 0 Å². The van der Waals surface area contributed by atoms with Gasteiger partial charge in [-0.1, -0.05) is 19.4 Å². The molecule has 0 aliphatic carbocycles. The normalized spacial score (nSPS) is 10.2. The Morgan fingerprint density at radius 1 is 1.33 bits per heavy atom. The van der Waals surface area contributed by atoms with Crippen molar-refractivity contribution < 1.29 is 0 Å². The van der Waals surface area contributed by atoms with Gasteiger partial charge in [0, 0.05) is 12.2 Å². The maximum Gasteiger partial charge on any atom is 0.0542 e. The molecule has 1 heterocycles. The van der Waals surface area contributed by atoms with E-state index in [0.29, 0.717) is 6.54 Å². The van der Waals surface area contributed by atoms with Crippen LogP contribution in [0.3, 0.4) is 0 Å². The van der Waals surface area contributed by atoms with Crippen LogP contribution >= 0.6 is 0 Å². The Kier molecular flexibility index (Phi) is 3.74. The molecule has 1 aromatic rings. The van der Waals surface area contributed by atoms with Crippen LogP contribution in [0.2, 0.25) is 0 Å². The van der Waals surface area contributed by atoms with E-state index in [2.05, 4.69) is 18.0 Å². The highest BCUT2D eigenvalue weighted by molar-refractivity contribution is 5.10. The van der Waals surface area contributed by atoms with Gasteiger partial charge in [-0.2, -0.15) is 0 Å². The smallest absolute Gasteiger partial charge is 0.0542 e. The number of aromatic nitrogens is 1. The Labute approximate surface area is 73.8 Å². The topological polar surface area (TPSA) is 38.9 Å². The lowest BCUT2D eigenvalue weighted by atomic mass is 10.2. The van der Waals surface area contributed by atoms with Gasteiger partial charge < -0.3 is 5.73 Å². The zero-order valence-corrected chi connectivity index (χ0v) is 7.59. The molecule has 0 fully saturated rings. The number of hydrogen-bond donors (Lipinski definition) is 1. The van der Waals surface area contributed by atoms with E-state index in [9.17, 15) is 0 Å². The van der Waals surface area contributed by atoms with Crippen molar-refractivity contribution in [2.45, 2.75) is 32.7 Å². The van der Waals surface area contributed by atoms with Crippen LogP contribution in [0, 0.1) is 0 Å². The molecule has 0 aromatic carbocycles. The first-order valence-corrected chi connectivity index (χ1v) is 4.51. The van der Waals surface area contributed by atoms with Crippen LogP contribution in [-0.2, 0) is 13.0 Å². The van der Waals surface area contributed by atoms with E-state index in [1.54, 1.807) is 0 Å². The summed E-state index contributed by atoms with van der Waals surface area (Å²) in [6.07, 6.45) is 3.50. The second kappa shape index (κ2) is 4.88. The van der Waals surface area contributed by atoms with Gasteiger partial charge in [-0.25, -0.2) is 0 Å². The van der Waals surface area contributed by atoms with Gasteiger partial charge in [0.2, 0.25) is 0 Å². The molecule has 0 radical (unpaired) electrons. The summed E-state index contributed by atoms with van der Waals surface area (Å²) in [6.45, 7) is 2.73. The molecule has 0 aliphatic rings. The SMILES string of the molecule is CCCCc1cccc(CN)n1. The Bertz CT molecular complexity index is 233. The average Bonchev–Trinajstić information content (AvgIpc) is 2.15. The summed E-state index contributed by atoms with van der Waals surface area (Å²) in [7, 11) is 0. The van der Waals surface area contributed by atoms with E-state index in [4.69, 9.17) is 5.73 Å². The van der Waals surface area contributed by atoms with Crippen molar-refractivity contribution >= 4 is 0 Å². The predicted molar refractivity (Wildman–Crippen MR) is 50.7 cm³/mol. The second-order valence-electron chi connectivity index (χ2n) is 2.93. The van der Waals surface area contributed by atoms with Crippen LogP contribution in [-0.4, -0.2) is 4.98 Å². The monoisotopic (exact) mass is 164 g/mol. The Hall–Kier alpha value is -0.890. The highest BCUT2D eigenvalue weighted by Crippen LogP contribution is 2.03. The highest BCUT2D eigenvalue weighted by Gasteiger charge is 1.94. The van der Waals surface area contributed by atoms with Gasteiger partial charge in [0.1, 0.15) is 0 Å². The molecule has 0 saturated carbocycles. The largest absolute Gasteiger partial charge is 0.325 e. The van der Waals surface area contributed by atoms with Crippen molar-refractivity contribution in [3.63, 3.8) is 0 Å². The van der Waals surface area contributed by atoms with Gasteiger partial charge in [-0.15, -0.1) is 0 Å². The van der Waals surface area contributed by atoms with Gasteiger partial charge in [-0.3, -0.25) is 4.98 Å². The van der Waals surface area contributed by atoms with Crippen molar-refractivity contribution in [2.24, 2.45) is 5.73 Å². The van der Waals surface area contributed by atoms with Crippen molar-refractivity contribution in [1.29, 1.82) is 0 Å². The molecule has 0 saturated heterocycles. The van der Waals surface area contributed by atoms with Gasteiger partial charge in [0.05, 0.1) is 5.69 Å². The fourth-order valence-corrected chi connectivity index (χ4v) is 1.14. The number of unbranched alkanes of at least 4 members (excludes halogenated alkanes) is 1. The number of pyridine rings is 1. The lowest BCUT2D eigenvalue weighted by molar-refractivity contribution is 0.769. The third kappa shape index (κ3) is 2.62. The molecule has 2 N–H and O–H groups in total. The zero-order valence-electron chi connectivity index (χ0n) is 7.59. The molecule has 0 unspecified atom stereocenters. The van der Waals surface area contributed by atoms with Crippen LogP contribution in [0.5, 0.6) is 0 Å². The minimum atomic E-state index is 0.542. The molecule has 66 valence electrons. The second-order valence-corrected chi connectivity index (χ2v) is 2.93. The predicted octanol–water partition coefficient (Wildman–Crippen LogP) is 1.88. The lowest BCUT2D eigenvalue weighted by Gasteiger charge is -2.00. The maximum absolute atomic E-state index is 5.48. The summed E-state index contributed by atoms with van der Waals surface area (Å²) in [6, 6.07) is 6.06. The fourth-order valence-electron chi connectivity index (χ4n) is 1.14. The van der Waals surface area contributed by atoms with Gasteiger partial charge in [0.25, 0.3) is 0 Å². The van der Waals surface area contributed by atoms with E-state index in [1.807, 2.05) is 12.1 Å². The number of aryl methyl sites for hydroxylation is 1. The van der Waals surface area contributed by atoms with Crippen LogP contribution < -0.4 is 5.73 Å². The summed E-state index contributed by atoms with van der Waals surface area (Å²) in [5.74, 6) is 0. The number of nitrogens with zero attached hydrogens (tertiary/aromatic N) is 1. The fraction of sp³-hybridized carbons (Fsp3) is 0.500. The summed E-state index contributed by atoms with van der Waals surface area (Å²) >= 11 is 0. The average molecular weight is 164 g/mol. The molecule has 0 amide bonds. The first-order valence-electron chi connectivity index (χ1n) is 4.51. The molecule has 0 atom stereocenters. The van der Waals surface area contributed by atoms with Crippen molar-refractivity contribution in [1.82, 2.24) is 4.98 Å². The third-order valence-corrected chi connectivity index (χ3v) is 1.86. The Balaban J connectivity index is 2.60. The lowest BCUT2D eigenvalue weighted by Crippen LogP contribution is -2.01. The first kappa shape index (κ1) is 9.20. The molecule has 12 heavy (non-hydrogen) atoms. The first-order chi connectivity index (χ1) is 5.86. The Morgan fingerprint density at radius 2 is 2.08 bits per heavy atom. The standard InChI is InChI=1S/C10H16N2/c1-2-3-5-9-6-4-7-10(8-11)12-9/h4,6-7H,2-3,5,8,11H2,1H3. The molecule has 1 rings (SSSR count). The van der Waals surface area contributed by atoms with Crippen molar-refractivity contribution in [3.8, 4) is 0 Å². The van der Waals surface area contributed by atoms with Crippen molar-refractivity contribution in [3.05, 3.63) is 29.6 Å². The molecule has 2 heteroatoms. The van der Waals surface area contributed by atoms with Gasteiger partial charge in [-0.05, 0) is 25.0 Å². The Morgan fingerprint density at radius 3 is 2.75 bits per heavy atom. The molecule has 0 bridgehead atoms. The molecule has 2 nitrogen and oxygen atoms in total. The number of rotatable bonds is 4. The summed E-state index contributed by atoms with van der Waals surface area (Å²) in [5, 5.41) is 0. The van der Waals surface area contributed by atoms with Crippen LogP contribution in [0.1, 0.15) is 31.2 Å².